The number of nitrogens with zero attached hydrogens (tertiary/aromatic N) is 2. The zero-order chi connectivity index (χ0) is 20.5. The first kappa shape index (κ1) is 19.3. The summed E-state index contributed by atoms with van der Waals surface area (Å²) in [5, 5.41) is 2.83. The third kappa shape index (κ3) is 3.53. The molecule has 7 nitrogen and oxygen atoms in total. The highest BCUT2D eigenvalue weighted by atomic mass is 16.5. The number of fused-ring (bicyclic) bond motifs is 2. The number of methoxy groups -OCH3 is 2. The monoisotopic (exact) mass is 395 g/mol. The van der Waals surface area contributed by atoms with Crippen LogP contribution in [0.15, 0.2) is 36.4 Å². The van der Waals surface area contributed by atoms with Crippen LogP contribution in [-0.2, 0) is 22.6 Å². The summed E-state index contributed by atoms with van der Waals surface area (Å²) in [5.74, 6) is 1.16. The molecule has 0 saturated heterocycles. The maximum atomic E-state index is 13.3. The maximum Gasteiger partial charge on any atom is 0.244 e. The highest BCUT2D eigenvalue weighted by Gasteiger charge is 2.33. The van der Waals surface area contributed by atoms with Crippen LogP contribution in [0.1, 0.15) is 18.1 Å². The van der Waals surface area contributed by atoms with Gasteiger partial charge in [0, 0.05) is 13.1 Å². The van der Waals surface area contributed by atoms with E-state index in [-0.39, 0.29) is 24.4 Å². The number of hydrogen-bond donors (Lipinski definition) is 1. The van der Waals surface area contributed by atoms with E-state index in [1.165, 1.54) is 5.56 Å². The second-order valence-corrected chi connectivity index (χ2v) is 7.36. The number of ether oxygens (including phenoxy) is 2. The van der Waals surface area contributed by atoms with Gasteiger partial charge in [-0.3, -0.25) is 19.4 Å². The molecular formula is C22H25N3O4. The molecule has 0 aromatic heterocycles. The van der Waals surface area contributed by atoms with E-state index >= 15 is 0 Å². The van der Waals surface area contributed by atoms with Gasteiger partial charge in [0.25, 0.3) is 0 Å². The molecule has 7 heteroatoms. The minimum atomic E-state index is -0.352. The first-order chi connectivity index (χ1) is 14.0. The largest absolute Gasteiger partial charge is 0.493 e. The molecule has 1 atom stereocenters. The normalized spacial score (nSPS) is 17.1. The number of para-hydroxylation sites is 2. The summed E-state index contributed by atoms with van der Waals surface area (Å²) in [6, 6.07) is 11.0. The Morgan fingerprint density at radius 1 is 1.07 bits per heavy atom. The predicted octanol–water partition coefficient (Wildman–Crippen LogP) is 2.44. The van der Waals surface area contributed by atoms with Crippen molar-refractivity contribution in [2.45, 2.75) is 25.9 Å². The van der Waals surface area contributed by atoms with Crippen LogP contribution in [0, 0.1) is 0 Å². The van der Waals surface area contributed by atoms with Crippen LogP contribution in [0.3, 0.4) is 0 Å². The SMILES string of the molecule is COc1cc2c(cc1OC)CN([C@H](C)C(=O)N1CC(=O)Nc3ccccc31)CC2. The Hall–Kier alpha value is -3.06. The van der Waals surface area contributed by atoms with Crippen molar-refractivity contribution >= 4 is 23.2 Å². The highest BCUT2D eigenvalue weighted by Crippen LogP contribution is 2.34. The lowest BCUT2D eigenvalue weighted by atomic mass is 9.97. The third-order valence-corrected chi connectivity index (χ3v) is 5.69. The summed E-state index contributed by atoms with van der Waals surface area (Å²) >= 11 is 0. The molecule has 0 aliphatic carbocycles. The van der Waals surface area contributed by atoms with Crippen LogP contribution in [-0.4, -0.2) is 50.1 Å². The molecular weight excluding hydrogens is 370 g/mol. The zero-order valence-corrected chi connectivity index (χ0v) is 16.9. The summed E-state index contributed by atoms with van der Waals surface area (Å²) in [7, 11) is 3.25. The van der Waals surface area contributed by atoms with Crippen molar-refractivity contribution in [3.63, 3.8) is 0 Å². The van der Waals surface area contributed by atoms with Crippen LogP contribution in [0.25, 0.3) is 0 Å². The molecule has 2 heterocycles. The Balaban J connectivity index is 1.56. The van der Waals surface area contributed by atoms with Crippen LogP contribution in [0.5, 0.6) is 11.5 Å². The fraction of sp³-hybridized carbons (Fsp3) is 0.364. The van der Waals surface area contributed by atoms with E-state index in [4.69, 9.17) is 9.47 Å². The van der Waals surface area contributed by atoms with Gasteiger partial charge in [0.15, 0.2) is 11.5 Å². The molecule has 2 aliphatic rings. The first-order valence-corrected chi connectivity index (χ1v) is 9.70. The topological polar surface area (TPSA) is 71.1 Å². The van der Waals surface area contributed by atoms with Gasteiger partial charge in [-0.2, -0.15) is 0 Å². The van der Waals surface area contributed by atoms with E-state index in [0.717, 1.165) is 30.0 Å². The third-order valence-electron chi connectivity index (χ3n) is 5.69. The molecule has 0 saturated carbocycles. The molecule has 152 valence electrons. The minimum absolute atomic E-state index is 0.0373. The average molecular weight is 395 g/mol. The van der Waals surface area contributed by atoms with Gasteiger partial charge in [0.1, 0.15) is 6.54 Å². The van der Waals surface area contributed by atoms with E-state index in [9.17, 15) is 9.59 Å². The summed E-state index contributed by atoms with van der Waals surface area (Å²) < 4.78 is 10.8. The van der Waals surface area contributed by atoms with E-state index in [0.29, 0.717) is 18.0 Å². The van der Waals surface area contributed by atoms with Crippen LogP contribution >= 0.6 is 0 Å². The minimum Gasteiger partial charge on any atom is -0.493 e. The van der Waals surface area contributed by atoms with Crippen molar-refractivity contribution in [1.82, 2.24) is 4.90 Å². The average Bonchev–Trinajstić information content (AvgIpc) is 2.75. The Labute approximate surface area is 170 Å². The zero-order valence-electron chi connectivity index (χ0n) is 16.9. The molecule has 0 fully saturated rings. The number of amides is 2. The second kappa shape index (κ2) is 7.75. The Kier molecular flexibility index (Phi) is 5.15. The van der Waals surface area contributed by atoms with Gasteiger partial charge in [0.05, 0.1) is 31.6 Å². The molecule has 4 rings (SSSR count). The molecule has 0 spiro atoms. The Morgan fingerprint density at radius 2 is 1.76 bits per heavy atom. The van der Waals surface area contributed by atoms with Gasteiger partial charge in [-0.25, -0.2) is 0 Å². The molecule has 0 unspecified atom stereocenters. The van der Waals surface area contributed by atoms with Crippen LogP contribution in [0.2, 0.25) is 0 Å². The van der Waals surface area contributed by atoms with E-state index in [1.54, 1.807) is 19.1 Å². The predicted molar refractivity (Wildman–Crippen MR) is 111 cm³/mol. The highest BCUT2D eigenvalue weighted by molar-refractivity contribution is 6.11. The second-order valence-electron chi connectivity index (χ2n) is 7.36. The molecule has 2 aromatic carbocycles. The Morgan fingerprint density at radius 3 is 2.48 bits per heavy atom. The molecule has 0 bridgehead atoms. The molecule has 0 radical (unpaired) electrons. The van der Waals surface area contributed by atoms with E-state index < -0.39 is 0 Å². The smallest absolute Gasteiger partial charge is 0.244 e. The summed E-state index contributed by atoms with van der Waals surface area (Å²) in [5.41, 5.74) is 3.75. The van der Waals surface area contributed by atoms with E-state index in [2.05, 4.69) is 10.2 Å². The standard InChI is InChI=1S/C22H25N3O4/c1-14(22(27)25-13-21(26)23-17-6-4-5-7-18(17)25)24-9-8-15-10-19(28-2)20(29-3)11-16(15)12-24/h4-7,10-11,14H,8-9,12-13H2,1-3H3,(H,23,26)/t14-/m1/s1. The van der Waals surface area contributed by atoms with Gasteiger partial charge >= 0.3 is 0 Å². The first-order valence-electron chi connectivity index (χ1n) is 9.70. The van der Waals surface area contributed by atoms with Crippen molar-refractivity contribution in [2.24, 2.45) is 0 Å². The van der Waals surface area contributed by atoms with Gasteiger partial charge < -0.3 is 14.8 Å². The Bertz CT molecular complexity index is 959. The van der Waals surface area contributed by atoms with Crippen LogP contribution < -0.4 is 19.7 Å². The van der Waals surface area contributed by atoms with Gasteiger partial charge in [-0.1, -0.05) is 12.1 Å². The molecule has 2 aromatic rings. The van der Waals surface area contributed by atoms with Crippen molar-refractivity contribution in [3.05, 3.63) is 47.5 Å². The van der Waals surface area contributed by atoms with Crippen LogP contribution in [0.4, 0.5) is 11.4 Å². The number of rotatable bonds is 4. The number of nitrogens with one attached hydrogen (secondary N) is 1. The molecule has 2 aliphatic heterocycles. The lowest BCUT2D eigenvalue weighted by Gasteiger charge is -2.37. The molecule has 2 amide bonds. The lowest BCUT2D eigenvalue weighted by Crippen LogP contribution is -2.52. The van der Waals surface area contributed by atoms with Gasteiger partial charge in [0.2, 0.25) is 11.8 Å². The molecule has 29 heavy (non-hydrogen) atoms. The van der Waals surface area contributed by atoms with Gasteiger partial charge in [-0.05, 0) is 48.7 Å². The number of hydrogen-bond acceptors (Lipinski definition) is 5. The van der Waals surface area contributed by atoms with E-state index in [1.807, 2.05) is 43.3 Å². The number of anilines is 2. The number of carbonyl (C=O) groups is 2. The fourth-order valence-corrected chi connectivity index (χ4v) is 4.05. The number of carbonyl (C=O) groups excluding carboxylic acids is 2. The summed E-state index contributed by atoms with van der Waals surface area (Å²) in [6.45, 7) is 3.35. The number of benzene rings is 2. The fourth-order valence-electron chi connectivity index (χ4n) is 4.05. The van der Waals surface area contributed by atoms with Crippen molar-refractivity contribution < 1.29 is 19.1 Å². The van der Waals surface area contributed by atoms with Crippen molar-refractivity contribution in [2.75, 3.05) is 37.5 Å². The van der Waals surface area contributed by atoms with Gasteiger partial charge in [-0.15, -0.1) is 0 Å². The van der Waals surface area contributed by atoms with Crippen molar-refractivity contribution in [1.29, 1.82) is 0 Å². The lowest BCUT2D eigenvalue weighted by molar-refractivity contribution is -0.125. The molecule has 1 N–H and O–H groups in total. The van der Waals surface area contributed by atoms with Crippen molar-refractivity contribution in [3.8, 4) is 11.5 Å². The quantitative estimate of drug-likeness (QED) is 0.861. The summed E-state index contributed by atoms with van der Waals surface area (Å²) in [6.07, 6.45) is 0.824. The maximum absolute atomic E-state index is 13.3. The summed E-state index contributed by atoms with van der Waals surface area (Å²) in [4.78, 5) is 29.1.